The lowest BCUT2D eigenvalue weighted by atomic mass is 9.92. The van der Waals surface area contributed by atoms with Crippen molar-refractivity contribution < 1.29 is 0 Å². The van der Waals surface area contributed by atoms with Gasteiger partial charge in [0.25, 0.3) is 0 Å². The monoisotopic (exact) mass is 499 g/mol. The molecule has 3 aliphatic rings. The molecule has 1 aromatic carbocycles. The van der Waals surface area contributed by atoms with Gasteiger partial charge in [-0.15, -0.1) is 0 Å². The Morgan fingerprint density at radius 3 is 2.65 bits per heavy atom. The largest absolute Gasteiger partial charge is 0.367 e. The molecule has 3 fully saturated rings. The molecule has 1 aliphatic heterocycles. The Kier molecular flexibility index (Phi) is 5.20. The molecule has 2 saturated carbocycles. The van der Waals surface area contributed by atoms with Crippen LogP contribution in [0.1, 0.15) is 38.5 Å². The molecule has 3 unspecified atom stereocenters. The highest BCUT2D eigenvalue weighted by molar-refractivity contribution is 9.10. The molecule has 0 spiro atoms. The zero-order chi connectivity index (χ0) is 20.9. The van der Waals surface area contributed by atoms with Crippen LogP contribution in [0, 0.1) is 11.8 Å². The van der Waals surface area contributed by atoms with Crippen molar-refractivity contribution in [1.82, 2.24) is 19.5 Å². The molecule has 7 heteroatoms. The predicted octanol–water partition coefficient (Wildman–Crippen LogP) is 5.88. The lowest BCUT2D eigenvalue weighted by Gasteiger charge is -2.40. The first kappa shape index (κ1) is 20.0. The summed E-state index contributed by atoms with van der Waals surface area (Å²) in [6.45, 7) is 2.39. The van der Waals surface area contributed by atoms with Crippen molar-refractivity contribution in [1.29, 1.82) is 0 Å². The average Bonchev–Trinajstić information content (AvgIpc) is 3.51. The average molecular weight is 501 g/mol. The number of anilines is 1. The fourth-order valence-corrected chi connectivity index (χ4v) is 6.67. The van der Waals surface area contributed by atoms with Crippen molar-refractivity contribution in [2.45, 2.75) is 50.6 Å². The summed E-state index contributed by atoms with van der Waals surface area (Å²) in [4.78, 5) is 7.61. The molecule has 1 saturated heterocycles. The number of piperidine rings is 1. The van der Waals surface area contributed by atoms with Crippen LogP contribution in [0.25, 0.3) is 16.9 Å². The minimum atomic E-state index is 0.447. The minimum Gasteiger partial charge on any atom is -0.367 e. The van der Waals surface area contributed by atoms with Gasteiger partial charge >= 0.3 is 0 Å². The van der Waals surface area contributed by atoms with Crippen molar-refractivity contribution >= 4 is 39.0 Å². The number of hydrogen-bond donors (Lipinski definition) is 1. The van der Waals surface area contributed by atoms with Crippen molar-refractivity contribution in [3.63, 3.8) is 0 Å². The number of benzene rings is 1. The van der Waals surface area contributed by atoms with Crippen LogP contribution in [0.2, 0.25) is 5.02 Å². The Balaban J connectivity index is 1.23. The summed E-state index contributed by atoms with van der Waals surface area (Å²) in [6.07, 6.45) is 10.0. The standard InChI is InChI=1S/C24H27BrClN5/c25-19-14-27-31-23(13-21(29-24(19)31)18-3-1-2-4-20(18)26)28-17-7-9-30(10-8-17)22-12-15-5-6-16(22)11-15/h1-4,13-17,22,28H,5-12H2. The van der Waals surface area contributed by atoms with E-state index in [0.29, 0.717) is 11.1 Å². The number of fused-ring (bicyclic) bond motifs is 3. The van der Waals surface area contributed by atoms with E-state index in [9.17, 15) is 0 Å². The van der Waals surface area contributed by atoms with Crippen LogP contribution in [0.15, 0.2) is 41.0 Å². The number of hydrogen-bond acceptors (Lipinski definition) is 4. The van der Waals surface area contributed by atoms with E-state index < -0.39 is 0 Å². The summed E-state index contributed by atoms with van der Waals surface area (Å²) in [7, 11) is 0. The highest BCUT2D eigenvalue weighted by Gasteiger charge is 2.42. The van der Waals surface area contributed by atoms with Crippen LogP contribution in [-0.2, 0) is 0 Å². The van der Waals surface area contributed by atoms with E-state index >= 15 is 0 Å². The first-order valence-electron chi connectivity index (χ1n) is 11.5. The van der Waals surface area contributed by atoms with Crippen LogP contribution in [-0.4, -0.2) is 44.7 Å². The van der Waals surface area contributed by atoms with E-state index in [1.807, 2.05) is 35.0 Å². The number of nitrogens with zero attached hydrogens (tertiary/aromatic N) is 4. The Morgan fingerprint density at radius 1 is 1.06 bits per heavy atom. The molecule has 5 nitrogen and oxygen atoms in total. The van der Waals surface area contributed by atoms with Crippen molar-refractivity contribution in [2.24, 2.45) is 11.8 Å². The molecule has 3 heterocycles. The molecule has 1 N–H and O–H groups in total. The van der Waals surface area contributed by atoms with Crippen molar-refractivity contribution in [2.75, 3.05) is 18.4 Å². The maximum Gasteiger partial charge on any atom is 0.172 e. The van der Waals surface area contributed by atoms with E-state index in [2.05, 4.69) is 37.3 Å². The number of likely N-dealkylation sites (tertiary alicyclic amines) is 1. The van der Waals surface area contributed by atoms with Gasteiger partial charge in [0.1, 0.15) is 5.82 Å². The van der Waals surface area contributed by atoms with Gasteiger partial charge in [-0.2, -0.15) is 9.61 Å². The highest BCUT2D eigenvalue weighted by Crippen LogP contribution is 2.47. The third-order valence-corrected chi connectivity index (χ3v) is 8.52. The second-order valence-corrected chi connectivity index (χ2v) is 10.7. The second kappa shape index (κ2) is 8.05. The molecule has 31 heavy (non-hydrogen) atoms. The molecular formula is C24H27BrClN5. The van der Waals surface area contributed by atoms with Gasteiger partial charge in [-0.3, -0.25) is 4.90 Å². The summed E-state index contributed by atoms with van der Waals surface area (Å²) in [5.74, 6) is 2.95. The Morgan fingerprint density at radius 2 is 1.90 bits per heavy atom. The molecule has 2 aliphatic carbocycles. The number of rotatable bonds is 4. The molecule has 3 aromatic rings. The van der Waals surface area contributed by atoms with Gasteiger partial charge in [0.15, 0.2) is 5.65 Å². The molecule has 3 atom stereocenters. The Bertz CT molecular complexity index is 1110. The molecule has 2 bridgehead atoms. The van der Waals surface area contributed by atoms with Crippen LogP contribution in [0.5, 0.6) is 0 Å². The fourth-order valence-electron chi connectivity index (χ4n) is 6.09. The molecule has 0 radical (unpaired) electrons. The predicted molar refractivity (Wildman–Crippen MR) is 129 cm³/mol. The lowest BCUT2D eigenvalue weighted by molar-refractivity contribution is 0.114. The molecule has 0 amide bonds. The number of halogens is 2. The van der Waals surface area contributed by atoms with Crippen molar-refractivity contribution in [3.8, 4) is 11.3 Å². The smallest absolute Gasteiger partial charge is 0.172 e. The van der Waals surface area contributed by atoms with E-state index in [0.717, 1.165) is 45.1 Å². The molecule has 6 rings (SSSR count). The lowest BCUT2D eigenvalue weighted by Crippen LogP contribution is -2.46. The topological polar surface area (TPSA) is 45.5 Å². The Labute approximate surface area is 196 Å². The molecule has 2 aromatic heterocycles. The number of aromatic nitrogens is 3. The van der Waals surface area contributed by atoms with Crippen LogP contribution >= 0.6 is 27.5 Å². The second-order valence-electron chi connectivity index (χ2n) is 9.43. The van der Waals surface area contributed by atoms with E-state index in [4.69, 9.17) is 16.6 Å². The number of nitrogens with one attached hydrogen (secondary N) is 1. The van der Waals surface area contributed by atoms with Crippen LogP contribution in [0.3, 0.4) is 0 Å². The maximum atomic E-state index is 6.47. The summed E-state index contributed by atoms with van der Waals surface area (Å²) < 4.78 is 2.78. The van der Waals surface area contributed by atoms with Crippen LogP contribution < -0.4 is 5.32 Å². The van der Waals surface area contributed by atoms with Gasteiger partial charge in [0, 0.05) is 41.8 Å². The maximum absolute atomic E-state index is 6.47. The third-order valence-electron chi connectivity index (χ3n) is 7.63. The fraction of sp³-hybridized carbons (Fsp3) is 0.500. The third kappa shape index (κ3) is 3.66. The zero-order valence-corrected chi connectivity index (χ0v) is 19.8. The minimum absolute atomic E-state index is 0.447. The molecular weight excluding hydrogens is 474 g/mol. The normalized spacial score (nSPS) is 26.7. The van der Waals surface area contributed by atoms with Crippen molar-refractivity contribution in [3.05, 3.63) is 46.0 Å². The van der Waals surface area contributed by atoms with E-state index in [1.54, 1.807) is 0 Å². The van der Waals surface area contributed by atoms with Crippen LogP contribution in [0.4, 0.5) is 5.82 Å². The first-order valence-corrected chi connectivity index (χ1v) is 12.6. The van der Waals surface area contributed by atoms with Gasteiger partial charge in [0.05, 0.1) is 16.4 Å². The van der Waals surface area contributed by atoms with E-state index in [-0.39, 0.29) is 0 Å². The summed E-state index contributed by atoms with van der Waals surface area (Å²) in [5, 5.41) is 9.04. The summed E-state index contributed by atoms with van der Waals surface area (Å²) >= 11 is 10.1. The highest BCUT2D eigenvalue weighted by atomic mass is 79.9. The zero-order valence-electron chi connectivity index (χ0n) is 17.5. The van der Waals surface area contributed by atoms with Gasteiger partial charge in [-0.1, -0.05) is 36.2 Å². The van der Waals surface area contributed by atoms with E-state index in [1.165, 1.54) is 51.6 Å². The van der Waals surface area contributed by atoms with Gasteiger partial charge in [-0.05, 0) is 65.9 Å². The van der Waals surface area contributed by atoms with Gasteiger partial charge in [-0.25, -0.2) is 4.98 Å². The summed E-state index contributed by atoms with van der Waals surface area (Å²) in [6, 6.07) is 11.2. The Hall–Kier alpha value is -1.63. The molecule has 162 valence electrons. The van der Waals surface area contributed by atoms with Gasteiger partial charge in [0.2, 0.25) is 0 Å². The van der Waals surface area contributed by atoms with Gasteiger partial charge < -0.3 is 5.32 Å². The quantitative estimate of drug-likeness (QED) is 0.486. The first-order chi connectivity index (χ1) is 15.2. The summed E-state index contributed by atoms with van der Waals surface area (Å²) in [5.41, 5.74) is 2.61. The SMILES string of the molecule is Clc1ccccc1-c1cc(NC2CCN(C3CC4CCC3C4)CC2)n2ncc(Br)c2n1.